The second kappa shape index (κ2) is 6.63. The van der Waals surface area contributed by atoms with Crippen molar-refractivity contribution in [3.8, 4) is 0 Å². The highest BCUT2D eigenvalue weighted by atomic mass is 32.3. The Hall–Kier alpha value is -0.860. The van der Waals surface area contributed by atoms with Gasteiger partial charge >= 0.3 is 5.96 Å². The van der Waals surface area contributed by atoms with Crippen molar-refractivity contribution in [1.29, 1.82) is 0 Å². The number of nitrogens with zero attached hydrogens (tertiary/aromatic N) is 1. The van der Waals surface area contributed by atoms with Gasteiger partial charge in [0.25, 0.3) is 0 Å². The van der Waals surface area contributed by atoms with Gasteiger partial charge in [-0.2, -0.15) is 0 Å². The van der Waals surface area contributed by atoms with Crippen molar-refractivity contribution < 1.29 is 22.1 Å². The fourth-order valence-corrected chi connectivity index (χ4v) is 0.589. The molecule has 0 aliphatic carbocycles. The Balaban J connectivity index is 0. The number of hydrogen-bond acceptors (Lipinski definition) is 4. The summed E-state index contributed by atoms with van der Waals surface area (Å²) < 4.78 is 36.0. The molecule has 13 heavy (non-hydrogen) atoms. The van der Waals surface area contributed by atoms with Crippen molar-refractivity contribution in [3.63, 3.8) is 0 Å². The van der Waals surface area contributed by atoms with Crippen molar-refractivity contribution in [1.82, 2.24) is 0 Å². The lowest BCUT2D eigenvalue weighted by atomic mass is 10.6. The van der Waals surface area contributed by atoms with Crippen molar-refractivity contribution >= 4 is 16.4 Å². The number of hydrogen-bond donors (Lipinski definition) is 2. The maximum atomic E-state index is 8.52. The minimum absolute atomic E-state index is 0.412. The lowest BCUT2D eigenvalue weighted by Gasteiger charge is -2.06. The molecule has 0 bridgehead atoms. The molecule has 0 aromatic heterocycles. The van der Waals surface area contributed by atoms with Gasteiger partial charge in [0.15, 0.2) is 0 Å². The highest BCUT2D eigenvalue weighted by molar-refractivity contribution is 7.79. The van der Waals surface area contributed by atoms with E-state index in [-0.39, 0.29) is 0 Å². The quantitative estimate of drug-likeness (QED) is 0.178. The first-order chi connectivity index (χ1) is 5.72. The normalized spacial score (nSPS) is 9.85. The van der Waals surface area contributed by atoms with Gasteiger partial charge in [-0.3, -0.25) is 24.5 Å². The molecule has 0 aromatic carbocycles. The molecule has 8 heteroatoms. The summed E-state index contributed by atoms with van der Waals surface area (Å²) in [6, 6.07) is 0. The molecule has 0 fully saturated rings. The largest absolute Gasteiger partial charge is 0.759 e. The van der Waals surface area contributed by atoms with Gasteiger partial charge in [-0.1, -0.05) is 0 Å². The molecule has 0 spiro atoms. The molecule has 80 valence electrons. The van der Waals surface area contributed by atoms with Crippen LogP contribution < -0.4 is 11.5 Å². The molecule has 0 aliphatic heterocycles. The average Bonchev–Trinajstić information content (AvgIpc) is 1.85. The summed E-state index contributed by atoms with van der Waals surface area (Å²) in [5.74, 6) is 0.412. The molecular formula is C5H14N3O4S-. The first kappa shape index (κ1) is 14.7. The first-order valence-electron chi connectivity index (χ1n) is 3.51. The predicted octanol–water partition coefficient (Wildman–Crippen LogP) is -2.03. The van der Waals surface area contributed by atoms with E-state index in [4.69, 9.17) is 29.0 Å². The molecule has 0 amide bonds. The SMILES string of the molecule is CC[N+](CC)=C(N)N.O=S(=O)([O-])[O-]. The van der Waals surface area contributed by atoms with Crippen LogP contribution in [0.1, 0.15) is 13.8 Å². The third kappa shape index (κ3) is 18.3. The van der Waals surface area contributed by atoms with Gasteiger partial charge in [0.05, 0.1) is 13.1 Å². The van der Waals surface area contributed by atoms with Crippen LogP contribution in [0.25, 0.3) is 0 Å². The molecule has 4 N–H and O–H groups in total. The topological polar surface area (TPSA) is 135 Å². The molecule has 0 radical (unpaired) electrons. The Labute approximate surface area is 77.6 Å². The van der Waals surface area contributed by atoms with Gasteiger partial charge in [-0.15, -0.1) is 0 Å². The number of nitrogens with two attached hydrogens (primary N) is 2. The Morgan fingerprint density at radius 1 is 1.23 bits per heavy atom. The Morgan fingerprint density at radius 2 is 1.46 bits per heavy atom. The predicted molar refractivity (Wildman–Crippen MR) is 45.2 cm³/mol. The lowest BCUT2D eigenvalue weighted by Crippen LogP contribution is -2.35. The monoisotopic (exact) mass is 212 g/mol. The van der Waals surface area contributed by atoms with Crippen LogP contribution in [0.15, 0.2) is 0 Å². The standard InChI is InChI=1S/C5H13N3.H2O4S/c1-3-8(4-2)5(6)7;1-5(2,3)4/h3-4H2,1-2H3,(H3,6,7);(H2,1,2,3,4)/p-1. The molecule has 0 aliphatic rings. The second-order valence-electron chi connectivity index (χ2n) is 2.01. The molecule has 0 aromatic rings. The highest BCUT2D eigenvalue weighted by Gasteiger charge is 1.93. The van der Waals surface area contributed by atoms with E-state index in [0.29, 0.717) is 5.96 Å². The van der Waals surface area contributed by atoms with Crippen LogP contribution in [0.3, 0.4) is 0 Å². The summed E-state index contributed by atoms with van der Waals surface area (Å²) in [6.07, 6.45) is 0. The molecule has 0 saturated carbocycles. The Bertz CT molecular complexity index is 241. The van der Waals surface area contributed by atoms with Gasteiger partial charge in [0, 0.05) is 10.4 Å². The lowest BCUT2D eigenvalue weighted by molar-refractivity contribution is -0.522. The Morgan fingerprint density at radius 3 is 1.46 bits per heavy atom. The smallest absolute Gasteiger partial charge is 0.341 e. The summed E-state index contributed by atoms with van der Waals surface area (Å²) >= 11 is 0. The van der Waals surface area contributed by atoms with Crippen LogP contribution in [0.4, 0.5) is 0 Å². The number of rotatable bonds is 2. The second-order valence-corrected chi connectivity index (χ2v) is 2.82. The zero-order valence-corrected chi connectivity index (χ0v) is 8.37. The molecule has 0 unspecified atom stereocenters. The first-order valence-corrected chi connectivity index (χ1v) is 4.85. The van der Waals surface area contributed by atoms with E-state index in [1.54, 1.807) is 0 Å². The van der Waals surface area contributed by atoms with Gasteiger partial charge in [-0.05, 0) is 13.8 Å². The zero-order valence-electron chi connectivity index (χ0n) is 7.56. The summed E-state index contributed by atoms with van der Waals surface area (Å²) in [7, 11) is -5.17. The molecule has 0 saturated heterocycles. The summed E-state index contributed by atoms with van der Waals surface area (Å²) in [5.41, 5.74) is 10.6. The fraction of sp³-hybridized carbons (Fsp3) is 0.800. The van der Waals surface area contributed by atoms with Crippen molar-refractivity contribution in [3.05, 3.63) is 0 Å². The maximum Gasteiger partial charge on any atom is 0.341 e. The van der Waals surface area contributed by atoms with E-state index in [2.05, 4.69) is 0 Å². The summed E-state index contributed by atoms with van der Waals surface area (Å²) in [5, 5.41) is 0. The van der Waals surface area contributed by atoms with E-state index in [9.17, 15) is 0 Å². The van der Waals surface area contributed by atoms with E-state index < -0.39 is 10.4 Å². The molecule has 0 heterocycles. The number of guanidine groups is 1. The van der Waals surface area contributed by atoms with Gasteiger partial charge in [-0.25, -0.2) is 0 Å². The molecule has 0 rings (SSSR count). The van der Waals surface area contributed by atoms with Crippen molar-refractivity contribution in [2.45, 2.75) is 13.8 Å². The van der Waals surface area contributed by atoms with Crippen LogP contribution in [0.5, 0.6) is 0 Å². The molecule has 0 atom stereocenters. The van der Waals surface area contributed by atoms with Gasteiger partial charge in [0.2, 0.25) is 0 Å². The van der Waals surface area contributed by atoms with E-state index >= 15 is 0 Å². The summed E-state index contributed by atoms with van der Waals surface area (Å²) in [6.45, 7) is 5.81. The highest BCUT2D eigenvalue weighted by Crippen LogP contribution is 1.69. The third-order valence-electron chi connectivity index (χ3n) is 1.13. The van der Waals surface area contributed by atoms with Gasteiger partial charge < -0.3 is 9.11 Å². The van der Waals surface area contributed by atoms with Gasteiger partial charge in [0.1, 0.15) is 0 Å². The minimum Gasteiger partial charge on any atom is -0.759 e. The zero-order chi connectivity index (χ0) is 11.1. The van der Waals surface area contributed by atoms with E-state index in [1.807, 2.05) is 18.4 Å². The fourth-order valence-electron chi connectivity index (χ4n) is 0.589. The van der Waals surface area contributed by atoms with Crippen LogP contribution >= 0.6 is 0 Å². The Kier molecular flexibility index (Phi) is 7.48. The van der Waals surface area contributed by atoms with Crippen molar-refractivity contribution in [2.75, 3.05) is 13.1 Å². The molecular weight excluding hydrogens is 198 g/mol. The van der Waals surface area contributed by atoms with Crippen molar-refractivity contribution in [2.24, 2.45) is 11.5 Å². The van der Waals surface area contributed by atoms with E-state index in [1.165, 1.54) is 0 Å². The van der Waals surface area contributed by atoms with Crippen LogP contribution in [0, 0.1) is 0 Å². The summed E-state index contributed by atoms with van der Waals surface area (Å²) in [4.78, 5) is 0. The minimum atomic E-state index is -5.17. The molecule has 7 nitrogen and oxygen atoms in total. The van der Waals surface area contributed by atoms with Crippen LogP contribution in [-0.4, -0.2) is 41.1 Å². The van der Waals surface area contributed by atoms with Crippen LogP contribution in [0.2, 0.25) is 0 Å². The third-order valence-corrected chi connectivity index (χ3v) is 1.13. The van der Waals surface area contributed by atoms with Crippen LogP contribution in [-0.2, 0) is 10.4 Å². The van der Waals surface area contributed by atoms with E-state index in [0.717, 1.165) is 13.1 Å². The average molecular weight is 212 g/mol. The maximum absolute atomic E-state index is 8.52.